The summed E-state index contributed by atoms with van der Waals surface area (Å²) in [4.78, 5) is 12.8. The van der Waals surface area contributed by atoms with Crippen molar-refractivity contribution in [3.63, 3.8) is 0 Å². The molecule has 0 unspecified atom stereocenters. The second-order valence-corrected chi connectivity index (χ2v) is 11.1. The van der Waals surface area contributed by atoms with Crippen LogP contribution in [-0.2, 0) is 0 Å². The molecule has 0 atom stereocenters. The number of hydrogen-bond donors (Lipinski definition) is 0. The molecule has 0 aliphatic rings. The summed E-state index contributed by atoms with van der Waals surface area (Å²) in [6.07, 6.45) is 0. The van der Waals surface area contributed by atoms with Gasteiger partial charge in [-0.05, 0) is 71.7 Å². The average Bonchev–Trinajstić information content (AvgIpc) is 0.702. The summed E-state index contributed by atoms with van der Waals surface area (Å²) in [6.45, 7) is 0. The largest absolute Gasteiger partial charge is 0.208 e. The van der Waals surface area contributed by atoms with Crippen LogP contribution in [0.15, 0.2) is 199 Å². The van der Waals surface area contributed by atoms with E-state index in [-0.39, 0.29) is 0 Å². The maximum Gasteiger partial charge on any atom is 0.164 e. The Balaban J connectivity index is 1.45. The molecule has 3 nitrogen and oxygen atoms in total. The molecule has 0 bridgehead atoms. The van der Waals surface area contributed by atoms with Crippen molar-refractivity contribution in [1.82, 2.24) is 15.0 Å². The summed E-state index contributed by atoms with van der Waals surface area (Å²) in [5, 5.41) is -3.80. The van der Waals surface area contributed by atoms with Gasteiger partial charge >= 0.3 is 0 Å². The molecule has 0 aliphatic carbocycles. The Hall–Kier alpha value is -7.23. The van der Waals surface area contributed by atoms with E-state index < -0.39 is 299 Å². The van der Waals surface area contributed by atoms with Crippen LogP contribution in [0.4, 0.5) is 0 Å². The second kappa shape index (κ2) is 13.4. The lowest BCUT2D eigenvalue weighted by atomic mass is 9.86. The van der Waals surface area contributed by atoms with Crippen LogP contribution in [0.5, 0.6) is 0 Å². The molecular weight excluding hydrogens is 655 g/mol. The van der Waals surface area contributed by atoms with Crippen LogP contribution >= 0.6 is 0 Å². The van der Waals surface area contributed by atoms with Crippen molar-refractivity contribution in [2.75, 3.05) is 0 Å². The molecule has 0 N–H and O–H groups in total. The van der Waals surface area contributed by atoms with Crippen LogP contribution in [0, 0.1) is 0 Å². The summed E-state index contributed by atoms with van der Waals surface area (Å²) in [6, 6.07) is -34.6. The number of hydrogen-bond acceptors (Lipinski definition) is 3. The highest BCUT2D eigenvalue weighted by molar-refractivity contribution is 6.25. The van der Waals surface area contributed by atoms with Crippen molar-refractivity contribution in [3.05, 3.63) is 199 Å². The van der Waals surface area contributed by atoms with Gasteiger partial charge in [0.1, 0.15) is 0 Å². The standard InChI is InChI=1S/C51H33N3/c1-3-17-34(18-4-1)49-52-50(35-19-5-2-6-20-35)54-51(53-49)47-30-16-15-28-44(47)41-25-11-9-23-39(41)38-22-8-7-21-37(38)36-31-32-46-43-27-12-10-24-40(43)42-26-13-14-29-45(42)48(46)33-36/h1-33H/i1D,2D,3D,4D,5D,6D,7D,8D,9D,10D,11D,12D,13D,14D,15D,16D,17D,18D,19D,20D,21D,22D,23D,24D,25D,26D,27D,28D,29D,30D,31D,32D,33D. The van der Waals surface area contributed by atoms with E-state index in [2.05, 4.69) is 15.0 Å². The van der Waals surface area contributed by atoms with Gasteiger partial charge in [-0.1, -0.05) is 193 Å². The number of nitrogens with zero attached hydrogens (tertiary/aromatic N) is 3. The van der Waals surface area contributed by atoms with E-state index in [1.165, 1.54) is 0 Å². The smallest absolute Gasteiger partial charge is 0.164 e. The van der Waals surface area contributed by atoms with Crippen LogP contribution in [0.2, 0.25) is 0 Å². The number of aromatic nitrogens is 3. The van der Waals surface area contributed by atoms with Crippen molar-refractivity contribution in [1.29, 1.82) is 0 Å². The van der Waals surface area contributed by atoms with Crippen LogP contribution in [0.3, 0.4) is 0 Å². The minimum Gasteiger partial charge on any atom is -0.208 e. The molecular formula is C51H33N3. The predicted molar refractivity (Wildman–Crippen MR) is 225 cm³/mol. The van der Waals surface area contributed by atoms with E-state index in [9.17, 15) is 13.7 Å². The second-order valence-electron chi connectivity index (χ2n) is 11.1. The molecule has 0 amide bonds. The molecule has 10 rings (SSSR count). The van der Waals surface area contributed by atoms with E-state index in [1.54, 1.807) is 0 Å². The molecule has 54 heavy (non-hydrogen) atoms. The van der Waals surface area contributed by atoms with Crippen LogP contribution in [-0.4, -0.2) is 15.0 Å². The first-order chi connectivity index (χ1) is 40.5. The molecule has 1 aromatic heterocycles. The first-order valence-corrected chi connectivity index (χ1v) is 15.6. The van der Waals surface area contributed by atoms with Crippen molar-refractivity contribution in [2.24, 2.45) is 0 Å². The molecule has 0 fully saturated rings. The van der Waals surface area contributed by atoms with E-state index in [0.717, 1.165) is 0 Å². The van der Waals surface area contributed by atoms with Gasteiger partial charge in [0.05, 0.1) is 45.2 Å². The zero-order valence-electron chi connectivity index (χ0n) is 59.8. The highest BCUT2D eigenvalue weighted by Crippen LogP contribution is 2.43. The monoisotopic (exact) mass is 720 g/mol. The molecule has 9 aromatic carbocycles. The number of fused-ring (bicyclic) bond motifs is 6. The highest BCUT2D eigenvalue weighted by Gasteiger charge is 2.19. The van der Waals surface area contributed by atoms with Crippen LogP contribution < -0.4 is 0 Å². The minimum absolute atomic E-state index is 0.551. The van der Waals surface area contributed by atoms with Crippen LogP contribution in [0.1, 0.15) is 45.2 Å². The van der Waals surface area contributed by atoms with E-state index in [0.29, 0.717) is 0 Å². The molecule has 0 saturated carbocycles. The van der Waals surface area contributed by atoms with E-state index in [1.807, 2.05) is 0 Å². The number of rotatable bonds is 6. The third kappa shape index (κ3) is 5.51. The maximum atomic E-state index is 10.0. The molecule has 10 aromatic rings. The lowest BCUT2D eigenvalue weighted by Crippen LogP contribution is -2.01. The molecule has 0 saturated heterocycles. The fourth-order valence-corrected chi connectivity index (χ4v) is 5.76. The van der Waals surface area contributed by atoms with E-state index >= 15 is 0 Å². The Labute approximate surface area is 360 Å². The summed E-state index contributed by atoms with van der Waals surface area (Å²) in [7, 11) is 0. The predicted octanol–water partition coefficient (Wildman–Crippen LogP) is 13.3. The van der Waals surface area contributed by atoms with Gasteiger partial charge in [0.15, 0.2) is 17.5 Å². The van der Waals surface area contributed by atoms with Crippen molar-refractivity contribution in [2.45, 2.75) is 0 Å². The molecule has 3 heteroatoms. The highest BCUT2D eigenvalue weighted by atomic mass is 15.0. The van der Waals surface area contributed by atoms with Gasteiger partial charge < -0.3 is 0 Å². The van der Waals surface area contributed by atoms with Gasteiger partial charge in [0, 0.05) is 16.7 Å². The van der Waals surface area contributed by atoms with Crippen molar-refractivity contribution >= 4 is 32.3 Å². The zero-order valence-corrected chi connectivity index (χ0v) is 26.8. The maximum absolute atomic E-state index is 10.0. The zero-order chi connectivity index (χ0) is 64.6. The topological polar surface area (TPSA) is 38.7 Å². The van der Waals surface area contributed by atoms with Crippen molar-refractivity contribution in [3.8, 4) is 67.5 Å². The molecule has 0 spiro atoms. The SMILES string of the molecule is [2H]c1c([2H])c([2H])c(-c2nc(-c3c([2H])c([2H])c([2H])c([2H])c3[2H])nc(-c3c([2H])c([2H])c([2H])c([2H])c3-c3c([2H])c([2H])c([2H])c([2H])c3-c3c([2H])c([2H])c([2H])c([2H])c3-c3c([2H])c([2H])c4c5c([2H])c([2H])c([2H])c([2H])c5c5c([2H])c([2H])c([2H])c([2H])c5c4c3[2H])n2)c([2H])c1[2H]. The van der Waals surface area contributed by atoms with Gasteiger partial charge in [-0.25, -0.2) is 15.0 Å². The van der Waals surface area contributed by atoms with Gasteiger partial charge in [0.25, 0.3) is 0 Å². The summed E-state index contributed by atoms with van der Waals surface area (Å²) < 4.78 is 297. The Bertz CT molecular complexity index is 4720. The fourth-order valence-electron chi connectivity index (χ4n) is 5.76. The van der Waals surface area contributed by atoms with Gasteiger partial charge in [-0.2, -0.15) is 0 Å². The Morgan fingerprint density at radius 3 is 1.07 bits per heavy atom. The summed E-state index contributed by atoms with van der Waals surface area (Å²) >= 11 is 0. The first kappa shape index (κ1) is 12.4. The summed E-state index contributed by atoms with van der Waals surface area (Å²) in [5.41, 5.74) is -9.09. The Morgan fingerprint density at radius 1 is 0.241 bits per heavy atom. The van der Waals surface area contributed by atoms with Gasteiger partial charge in [0.2, 0.25) is 0 Å². The van der Waals surface area contributed by atoms with Crippen molar-refractivity contribution < 1.29 is 45.2 Å². The Morgan fingerprint density at radius 2 is 0.574 bits per heavy atom. The average molecular weight is 721 g/mol. The van der Waals surface area contributed by atoms with Crippen LogP contribution in [0.25, 0.3) is 99.9 Å². The minimum atomic E-state index is -1.25. The Kier molecular flexibility index (Phi) is 3.08. The third-order valence-electron chi connectivity index (χ3n) is 8.06. The first-order valence-electron chi connectivity index (χ1n) is 32.1. The van der Waals surface area contributed by atoms with Gasteiger partial charge in [-0.3, -0.25) is 0 Å². The third-order valence-corrected chi connectivity index (χ3v) is 8.06. The molecule has 1 heterocycles. The van der Waals surface area contributed by atoms with E-state index in [4.69, 9.17) is 31.5 Å². The lowest BCUT2D eigenvalue weighted by molar-refractivity contribution is 1.07. The summed E-state index contributed by atoms with van der Waals surface area (Å²) in [5.74, 6) is -2.98. The molecule has 0 radical (unpaired) electrons. The fraction of sp³-hybridized carbons (Fsp3) is 0. The lowest BCUT2D eigenvalue weighted by Gasteiger charge is -2.18. The van der Waals surface area contributed by atoms with Gasteiger partial charge in [-0.15, -0.1) is 0 Å². The molecule has 252 valence electrons. The molecule has 0 aliphatic heterocycles. The quantitative estimate of drug-likeness (QED) is 0.161. The number of benzene rings is 9. The normalized spacial score (nSPS) is 19.9.